The largest absolute Gasteiger partial charge is 0.436 e. The van der Waals surface area contributed by atoms with Gasteiger partial charge >= 0.3 is 0 Å². The summed E-state index contributed by atoms with van der Waals surface area (Å²) in [6.07, 6.45) is 0. The lowest BCUT2D eigenvalue weighted by Gasteiger charge is -2.15. The number of rotatable bonds is 5. The quantitative estimate of drug-likeness (QED) is 0.568. The highest BCUT2D eigenvalue weighted by molar-refractivity contribution is 5.94. The zero-order chi connectivity index (χ0) is 22.7. The number of amides is 1. The minimum Gasteiger partial charge on any atom is -0.436 e. The monoisotopic (exact) mass is 423 g/mol. The molecule has 0 bridgehead atoms. The first-order chi connectivity index (χ1) is 14.7. The van der Waals surface area contributed by atoms with Crippen LogP contribution < -0.4 is 9.47 Å². The second-order valence-corrected chi connectivity index (χ2v) is 7.00. The summed E-state index contributed by atoms with van der Waals surface area (Å²) in [5.41, 5.74) is 0.943. The molecule has 1 aromatic heterocycles. The van der Waals surface area contributed by atoms with Crippen LogP contribution in [0, 0.1) is 36.8 Å². The lowest BCUT2D eigenvalue weighted by molar-refractivity contribution is 0.0827. The van der Waals surface area contributed by atoms with Crippen molar-refractivity contribution in [2.24, 2.45) is 0 Å². The van der Waals surface area contributed by atoms with Gasteiger partial charge < -0.3 is 14.4 Å². The molecular formula is C23H19F2N3O3. The summed E-state index contributed by atoms with van der Waals surface area (Å²) in [7, 11) is 3.22. The molecule has 158 valence electrons. The molecule has 0 aliphatic carbocycles. The Kier molecular flexibility index (Phi) is 6.16. The van der Waals surface area contributed by atoms with Crippen molar-refractivity contribution in [2.45, 2.75) is 13.8 Å². The van der Waals surface area contributed by atoms with E-state index in [1.54, 1.807) is 45.3 Å². The van der Waals surface area contributed by atoms with Crippen molar-refractivity contribution in [1.29, 1.82) is 5.26 Å². The Morgan fingerprint density at radius 2 is 1.71 bits per heavy atom. The zero-order valence-corrected chi connectivity index (χ0v) is 17.4. The number of carbonyl (C=O) groups excluding carboxylic acids is 1. The molecule has 0 N–H and O–H groups in total. The summed E-state index contributed by atoms with van der Waals surface area (Å²) in [5, 5.41) is 9.00. The molecule has 1 amide bonds. The third-order valence-electron chi connectivity index (χ3n) is 4.46. The number of nitriles is 1. The van der Waals surface area contributed by atoms with Gasteiger partial charge in [0.05, 0.1) is 11.6 Å². The van der Waals surface area contributed by atoms with Gasteiger partial charge in [0, 0.05) is 25.2 Å². The van der Waals surface area contributed by atoms with E-state index < -0.39 is 23.4 Å². The number of halogens is 2. The fourth-order valence-electron chi connectivity index (χ4n) is 2.69. The molecule has 6 nitrogen and oxygen atoms in total. The molecule has 0 spiro atoms. The van der Waals surface area contributed by atoms with Crippen LogP contribution in [0.3, 0.4) is 0 Å². The van der Waals surface area contributed by atoms with Crippen molar-refractivity contribution in [3.05, 3.63) is 76.4 Å². The molecule has 3 aromatic rings. The van der Waals surface area contributed by atoms with E-state index in [0.29, 0.717) is 16.7 Å². The summed E-state index contributed by atoms with van der Waals surface area (Å²) in [6.45, 7) is 2.95. The van der Waals surface area contributed by atoms with Gasteiger partial charge in [0.1, 0.15) is 11.5 Å². The molecule has 0 unspecified atom stereocenters. The van der Waals surface area contributed by atoms with Crippen molar-refractivity contribution in [2.75, 3.05) is 14.1 Å². The Morgan fingerprint density at radius 1 is 1.03 bits per heavy atom. The molecule has 0 fully saturated rings. The lowest BCUT2D eigenvalue weighted by Crippen LogP contribution is -2.21. The van der Waals surface area contributed by atoms with E-state index in [1.165, 1.54) is 30.0 Å². The Labute approximate surface area is 178 Å². The molecule has 31 heavy (non-hydrogen) atoms. The molecule has 0 aliphatic rings. The van der Waals surface area contributed by atoms with Gasteiger partial charge in [0.15, 0.2) is 11.6 Å². The standard InChI is InChI=1S/C23H19F2N3O3/c1-13-8-9-16(23(29)28(3)4)11-18(13)31-22-20(25)14(2)19(24)21(27-22)30-17-7-5-6-15(10-17)12-26/h5-11H,1-4H3. The van der Waals surface area contributed by atoms with Gasteiger partial charge in [-0.15, -0.1) is 0 Å². The molecular weight excluding hydrogens is 404 g/mol. The van der Waals surface area contributed by atoms with Crippen molar-refractivity contribution < 1.29 is 23.0 Å². The summed E-state index contributed by atoms with van der Waals surface area (Å²) >= 11 is 0. The van der Waals surface area contributed by atoms with Crippen LogP contribution in [0.1, 0.15) is 27.0 Å². The third-order valence-corrected chi connectivity index (χ3v) is 4.46. The maximum atomic E-state index is 14.7. The molecule has 1 heterocycles. The van der Waals surface area contributed by atoms with Crippen molar-refractivity contribution in [1.82, 2.24) is 9.88 Å². The van der Waals surface area contributed by atoms with Gasteiger partial charge in [-0.05, 0) is 49.7 Å². The van der Waals surface area contributed by atoms with Gasteiger partial charge in [0.2, 0.25) is 0 Å². The van der Waals surface area contributed by atoms with Crippen LogP contribution in [-0.4, -0.2) is 29.9 Å². The van der Waals surface area contributed by atoms with Crippen LogP contribution in [-0.2, 0) is 0 Å². The molecule has 0 atom stereocenters. The number of ether oxygens (including phenoxy) is 2. The molecule has 2 aromatic carbocycles. The van der Waals surface area contributed by atoms with E-state index in [0.717, 1.165) is 0 Å². The first-order valence-corrected chi connectivity index (χ1v) is 9.25. The molecule has 8 heteroatoms. The predicted molar refractivity (Wildman–Crippen MR) is 109 cm³/mol. The molecule has 0 radical (unpaired) electrons. The maximum absolute atomic E-state index is 14.7. The number of aromatic nitrogens is 1. The minimum absolute atomic E-state index is 0.164. The number of carbonyl (C=O) groups is 1. The van der Waals surface area contributed by atoms with Crippen LogP contribution >= 0.6 is 0 Å². The van der Waals surface area contributed by atoms with Gasteiger partial charge in [0.25, 0.3) is 17.7 Å². The SMILES string of the molecule is Cc1ccc(C(=O)N(C)C)cc1Oc1nc(Oc2cccc(C#N)c2)c(F)c(C)c1F. The summed E-state index contributed by atoms with van der Waals surface area (Å²) < 4.78 is 40.4. The summed E-state index contributed by atoms with van der Waals surface area (Å²) in [5.74, 6) is -2.86. The predicted octanol–water partition coefficient (Wildman–Crippen LogP) is 5.13. The van der Waals surface area contributed by atoms with Gasteiger partial charge in [-0.25, -0.2) is 8.78 Å². The lowest BCUT2D eigenvalue weighted by atomic mass is 10.1. The number of aryl methyl sites for hydroxylation is 1. The van der Waals surface area contributed by atoms with E-state index in [9.17, 15) is 13.6 Å². The number of benzene rings is 2. The molecule has 3 rings (SSSR count). The molecule has 0 saturated carbocycles. The minimum atomic E-state index is -0.987. The van der Waals surface area contributed by atoms with E-state index in [1.807, 2.05) is 6.07 Å². The zero-order valence-electron chi connectivity index (χ0n) is 17.4. The second kappa shape index (κ2) is 8.79. The summed E-state index contributed by atoms with van der Waals surface area (Å²) in [6, 6.07) is 12.7. The van der Waals surface area contributed by atoms with E-state index in [4.69, 9.17) is 14.7 Å². The number of hydrogen-bond acceptors (Lipinski definition) is 5. The average molecular weight is 423 g/mol. The number of hydrogen-bond donors (Lipinski definition) is 0. The molecule has 0 saturated heterocycles. The average Bonchev–Trinajstić information content (AvgIpc) is 2.76. The summed E-state index contributed by atoms with van der Waals surface area (Å²) in [4.78, 5) is 17.5. The van der Waals surface area contributed by atoms with Gasteiger partial charge in [-0.2, -0.15) is 10.2 Å². The van der Waals surface area contributed by atoms with Crippen molar-refractivity contribution in [3.63, 3.8) is 0 Å². The normalized spacial score (nSPS) is 10.4. The van der Waals surface area contributed by atoms with Crippen LogP contribution in [0.5, 0.6) is 23.3 Å². The van der Waals surface area contributed by atoms with Crippen LogP contribution in [0.2, 0.25) is 0 Å². The van der Waals surface area contributed by atoms with Crippen molar-refractivity contribution >= 4 is 5.91 Å². The van der Waals surface area contributed by atoms with Crippen LogP contribution in [0.4, 0.5) is 8.78 Å². The Hall–Kier alpha value is -3.99. The highest BCUT2D eigenvalue weighted by Gasteiger charge is 2.22. The van der Waals surface area contributed by atoms with Crippen LogP contribution in [0.25, 0.3) is 0 Å². The Morgan fingerprint density at radius 3 is 2.35 bits per heavy atom. The van der Waals surface area contributed by atoms with E-state index >= 15 is 0 Å². The Balaban J connectivity index is 2.00. The number of nitrogens with zero attached hydrogens (tertiary/aromatic N) is 3. The fourth-order valence-corrected chi connectivity index (χ4v) is 2.69. The number of pyridine rings is 1. The van der Waals surface area contributed by atoms with Crippen LogP contribution in [0.15, 0.2) is 42.5 Å². The maximum Gasteiger partial charge on any atom is 0.259 e. The third kappa shape index (κ3) is 4.61. The smallest absolute Gasteiger partial charge is 0.259 e. The van der Waals surface area contributed by atoms with Crippen molar-refractivity contribution in [3.8, 4) is 29.3 Å². The Bertz CT molecular complexity index is 1200. The molecule has 0 aliphatic heterocycles. The topological polar surface area (TPSA) is 75.5 Å². The second-order valence-electron chi connectivity index (χ2n) is 7.00. The van der Waals surface area contributed by atoms with Gasteiger partial charge in [-0.3, -0.25) is 4.79 Å². The van der Waals surface area contributed by atoms with E-state index in [2.05, 4.69) is 4.98 Å². The fraction of sp³-hybridized carbons (Fsp3) is 0.174. The van der Waals surface area contributed by atoms with E-state index in [-0.39, 0.29) is 23.0 Å². The highest BCUT2D eigenvalue weighted by atomic mass is 19.1. The highest BCUT2D eigenvalue weighted by Crippen LogP contribution is 2.34. The first kappa shape index (κ1) is 21.7. The van der Waals surface area contributed by atoms with Gasteiger partial charge in [-0.1, -0.05) is 12.1 Å². The first-order valence-electron chi connectivity index (χ1n) is 9.25.